The van der Waals surface area contributed by atoms with E-state index < -0.39 is 0 Å². The van der Waals surface area contributed by atoms with Crippen LogP contribution in [0.25, 0.3) is 0 Å². The third-order valence-corrected chi connectivity index (χ3v) is 3.51. The van der Waals surface area contributed by atoms with E-state index in [9.17, 15) is 4.39 Å². The topological polar surface area (TPSA) is 28.2 Å². The maximum absolute atomic E-state index is 13.0. The highest BCUT2D eigenvalue weighted by Crippen LogP contribution is 2.24. The van der Waals surface area contributed by atoms with Gasteiger partial charge in [-0.15, -0.1) is 0 Å². The van der Waals surface area contributed by atoms with Gasteiger partial charge < -0.3 is 10.2 Å². The minimum absolute atomic E-state index is 0.224. The Morgan fingerprint density at radius 2 is 1.86 bits per heavy atom. The van der Waals surface area contributed by atoms with Crippen LogP contribution in [0.2, 0.25) is 0 Å². The van der Waals surface area contributed by atoms with Gasteiger partial charge in [-0.2, -0.15) is 0 Å². The van der Waals surface area contributed by atoms with Crippen LogP contribution in [-0.2, 0) is 0 Å². The summed E-state index contributed by atoms with van der Waals surface area (Å²) in [6.45, 7) is 7.98. The molecule has 1 atom stereocenters. The number of nitrogens with zero attached hydrogens (tertiary/aromatic N) is 2. The van der Waals surface area contributed by atoms with Gasteiger partial charge in [-0.3, -0.25) is 0 Å². The summed E-state index contributed by atoms with van der Waals surface area (Å²) in [5.74, 6) is 0.647. The fourth-order valence-electron chi connectivity index (χ4n) is 2.34. The van der Waals surface area contributed by atoms with Crippen molar-refractivity contribution < 1.29 is 4.39 Å². The number of hydrogen-bond donors (Lipinski definition) is 1. The van der Waals surface area contributed by atoms with Crippen LogP contribution in [0.15, 0.2) is 42.6 Å². The molecule has 4 heteroatoms. The lowest BCUT2D eigenvalue weighted by Gasteiger charge is -2.22. The minimum atomic E-state index is -0.224. The molecule has 1 aromatic carbocycles. The largest absolute Gasteiger partial charge is 0.327 e. The second kappa shape index (κ2) is 7.18. The molecule has 0 amide bonds. The van der Waals surface area contributed by atoms with Crippen molar-refractivity contribution in [3.63, 3.8) is 0 Å². The van der Waals surface area contributed by atoms with Gasteiger partial charge in [0.15, 0.2) is 0 Å². The molecule has 0 aliphatic carbocycles. The molecule has 0 aliphatic heterocycles. The smallest absolute Gasteiger partial charge is 0.132 e. The molecule has 2 aromatic rings. The summed E-state index contributed by atoms with van der Waals surface area (Å²) in [6, 6.07) is 10.9. The van der Waals surface area contributed by atoms with Crippen molar-refractivity contribution in [2.24, 2.45) is 0 Å². The predicted octanol–water partition coefficient (Wildman–Crippen LogP) is 4.05. The van der Waals surface area contributed by atoms with E-state index in [0.29, 0.717) is 0 Å². The van der Waals surface area contributed by atoms with E-state index in [1.807, 2.05) is 12.3 Å². The highest BCUT2D eigenvalue weighted by molar-refractivity contribution is 5.59. The molecule has 2 rings (SSSR count). The van der Waals surface area contributed by atoms with Gasteiger partial charge in [-0.1, -0.05) is 13.0 Å². The minimum Gasteiger partial charge on any atom is -0.327 e. The molecule has 0 spiro atoms. The lowest BCUT2D eigenvalue weighted by molar-refractivity contribution is 0.596. The quantitative estimate of drug-likeness (QED) is 0.868. The molecular formula is C17H22FN3. The lowest BCUT2D eigenvalue weighted by Crippen LogP contribution is -2.19. The number of anilines is 2. The summed E-state index contributed by atoms with van der Waals surface area (Å²) in [5.41, 5.74) is 2.11. The van der Waals surface area contributed by atoms with Gasteiger partial charge >= 0.3 is 0 Å². The predicted molar refractivity (Wildman–Crippen MR) is 85.4 cm³/mol. The Kier molecular flexibility index (Phi) is 5.28. The van der Waals surface area contributed by atoms with E-state index in [1.54, 1.807) is 12.1 Å². The summed E-state index contributed by atoms with van der Waals surface area (Å²) in [4.78, 5) is 6.60. The van der Waals surface area contributed by atoms with Gasteiger partial charge in [0.25, 0.3) is 0 Å². The van der Waals surface area contributed by atoms with E-state index in [4.69, 9.17) is 0 Å². The molecule has 1 heterocycles. The van der Waals surface area contributed by atoms with E-state index in [-0.39, 0.29) is 11.9 Å². The average molecular weight is 287 g/mol. The van der Waals surface area contributed by atoms with Crippen molar-refractivity contribution in [3.8, 4) is 0 Å². The summed E-state index contributed by atoms with van der Waals surface area (Å²) >= 11 is 0. The van der Waals surface area contributed by atoms with Crippen LogP contribution in [0, 0.1) is 5.82 Å². The van der Waals surface area contributed by atoms with Crippen LogP contribution >= 0.6 is 0 Å². The first-order valence-corrected chi connectivity index (χ1v) is 7.38. The highest BCUT2D eigenvalue weighted by atomic mass is 19.1. The maximum atomic E-state index is 13.0. The fourth-order valence-corrected chi connectivity index (χ4v) is 2.34. The van der Waals surface area contributed by atoms with Crippen molar-refractivity contribution in [2.45, 2.75) is 26.8 Å². The first-order chi connectivity index (χ1) is 10.2. The molecule has 1 aromatic heterocycles. The summed E-state index contributed by atoms with van der Waals surface area (Å²) in [6.07, 6.45) is 1.90. The molecule has 3 nitrogen and oxygen atoms in total. The number of halogens is 1. The Morgan fingerprint density at radius 3 is 2.38 bits per heavy atom. The number of rotatable bonds is 6. The van der Waals surface area contributed by atoms with E-state index in [0.717, 1.165) is 30.2 Å². The number of hydrogen-bond acceptors (Lipinski definition) is 3. The van der Waals surface area contributed by atoms with Crippen LogP contribution in [0.3, 0.4) is 0 Å². The Bertz CT molecular complexity index is 551. The first-order valence-electron chi connectivity index (χ1n) is 7.38. The Labute approximate surface area is 125 Å². The second-order valence-corrected chi connectivity index (χ2v) is 4.95. The van der Waals surface area contributed by atoms with Crippen LogP contribution in [-0.4, -0.2) is 18.1 Å². The fraction of sp³-hybridized carbons (Fsp3) is 0.353. The molecule has 1 unspecified atom stereocenters. The molecule has 21 heavy (non-hydrogen) atoms. The zero-order chi connectivity index (χ0) is 15.2. The molecule has 112 valence electrons. The Hall–Kier alpha value is -1.94. The van der Waals surface area contributed by atoms with Crippen molar-refractivity contribution in [1.82, 2.24) is 10.3 Å². The van der Waals surface area contributed by atoms with Crippen LogP contribution in [0.4, 0.5) is 15.9 Å². The SMILES string of the molecule is CCNC(C)c1ccc(N(CC)c2ccc(F)cc2)nc1. The number of nitrogens with one attached hydrogen (secondary N) is 1. The summed E-state index contributed by atoms with van der Waals surface area (Å²) in [5, 5.41) is 3.37. The molecule has 0 saturated carbocycles. The summed E-state index contributed by atoms with van der Waals surface area (Å²) < 4.78 is 13.0. The highest BCUT2D eigenvalue weighted by Gasteiger charge is 2.10. The lowest BCUT2D eigenvalue weighted by atomic mass is 10.1. The molecule has 0 radical (unpaired) electrons. The normalized spacial score (nSPS) is 12.2. The maximum Gasteiger partial charge on any atom is 0.132 e. The van der Waals surface area contributed by atoms with Gasteiger partial charge in [-0.25, -0.2) is 9.37 Å². The monoisotopic (exact) mass is 287 g/mol. The molecule has 0 fully saturated rings. The van der Waals surface area contributed by atoms with E-state index >= 15 is 0 Å². The van der Waals surface area contributed by atoms with Crippen LogP contribution in [0.5, 0.6) is 0 Å². The molecular weight excluding hydrogens is 265 g/mol. The Morgan fingerprint density at radius 1 is 1.14 bits per heavy atom. The summed E-state index contributed by atoms with van der Waals surface area (Å²) in [7, 11) is 0. The van der Waals surface area contributed by atoms with Gasteiger partial charge in [0, 0.05) is 24.5 Å². The van der Waals surface area contributed by atoms with E-state index in [1.165, 1.54) is 12.1 Å². The molecule has 0 aliphatic rings. The van der Waals surface area contributed by atoms with Crippen molar-refractivity contribution in [2.75, 3.05) is 18.0 Å². The van der Waals surface area contributed by atoms with Gasteiger partial charge in [0.05, 0.1) is 0 Å². The molecule has 1 N–H and O–H groups in total. The van der Waals surface area contributed by atoms with Gasteiger partial charge in [0.2, 0.25) is 0 Å². The first kappa shape index (κ1) is 15.4. The third kappa shape index (κ3) is 3.79. The third-order valence-electron chi connectivity index (χ3n) is 3.51. The van der Waals surface area contributed by atoms with Gasteiger partial charge in [0.1, 0.15) is 11.6 Å². The van der Waals surface area contributed by atoms with Crippen molar-refractivity contribution in [3.05, 3.63) is 54.0 Å². The van der Waals surface area contributed by atoms with Gasteiger partial charge in [-0.05, 0) is 56.3 Å². The van der Waals surface area contributed by atoms with Crippen LogP contribution in [0.1, 0.15) is 32.4 Å². The standard InChI is InChI=1S/C17H22FN3/c1-4-19-13(3)14-6-11-17(20-12-14)21(5-2)16-9-7-15(18)8-10-16/h6-13,19H,4-5H2,1-3H3. The van der Waals surface area contributed by atoms with E-state index in [2.05, 4.69) is 42.0 Å². The number of benzene rings is 1. The van der Waals surface area contributed by atoms with Crippen molar-refractivity contribution in [1.29, 1.82) is 0 Å². The average Bonchev–Trinajstić information content (AvgIpc) is 2.51. The Balaban J connectivity index is 2.21. The molecule has 0 saturated heterocycles. The molecule has 0 bridgehead atoms. The second-order valence-electron chi connectivity index (χ2n) is 4.95. The van der Waals surface area contributed by atoms with Crippen LogP contribution < -0.4 is 10.2 Å². The zero-order valence-electron chi connectivity index (χ0n) is 12.8. The zero-order valence-corrected chi connectivity index (χ0v) is 12.8. The number of pyridine rings is 1. The number of aromatic nitrogens is 1. The van der Waals surface area contributed by atoms with Crippen molar-refractivity contribution >= 4 is 11.5 Å².